The van der Waals surface area contributed by atoms with Gasteiger partial charge in [-0.3, -0.25) is 19.7 Å². The molecule has 1 saturated heterocycles. The van der Waals surface area contributed by atoms with Gasteiger partial charge in [0.25, 0.3) is 5.56 Å². The number of aliphatic imine (C=N–C) groups is 1. The van der Waals surface area contributed by atoms with E-state index in [4.69, 9.17) is 23.9 Å². The Hall–Kier alpha value is -4.26. The maximum atomic E-state index is 13.3. The number of ether oxygens (including phenoxy) is 4. The molecule has 1 aliphatic carbocycles. The number of amides is 1. The fourth-order valence-corrected chi connectivity index (χ4v) is 6.62. The molecule has 2 aliphatic heterocycles. The zero-order valence-electron chi connectivity index (χ0n) is 27.1. The van der Waals surface area contributed by atoms with Gasteiger partial charge in [0.05, 0.1) is 13.2 Å². The molecule has 0 radical (unpaired) electrons. The number of benzene rings is 2. The lowest BCUT2D eigenvalue weighted by atomic mass is 9.94. The van der Waals surface area contributed by atoms with E-state index >= 15 is 0 Å². The average Bonchev–Trinajstić information content (AvgIpc) is 3.49. The molecule has 2 bridgehead atoms. The summed E-state index contributed by atoms with van der Waals surface area (Å²) in [4.78, 5) is 45.6. The number of aromatic amines is 1. The van der Waals surface area contributed by atoms with Crippen LogP contribution < -0.4 is 21.9 Å². The van der Waals surface area contributed by atoms with E-state index in [1.165, 1.54) is 10.8 Å². The van der Waals surface area contributed by atoms with Crippen LogP contribution in [0, 0.1) is 6.92 Å². The molecular weight excluding hydrogens is 602 g/mol. The van der Waals surface area contributed by atoms with Gasteiger partial charge in [0.2, 0.25) is 5.96 Å². The molecule has 0 spiro atoms. The average molecular weight is 646 g/mol. The van der Waals surface area contributed by atoms with Crippen LogP contribution in [0.4, 0.5) is 4.79 Å². The highest BCUT2D eigenvalue weighted by Crippen LogP contribution is 2.44. The van der Waals surface area contributed by atoms with Crippen molar-refractivity contribution in [2.24, 2.45) is 4.99 Å². The number of hydrogen-bond donors (Lipinski definition) is 3. The minimum atomic E-state index is -1.07. The third kappa shape index (κ3) is 6.63. The number of carbonyl (C=O) groups is 1. The Morgan fingerprint density at radius 3 is 2.43 bits per heavy atom. The molecule has 3 aliphatic rings. The molecule has 1 unspecified atom stereocenters. The van der Waals surface area contributed by atoms with E-state index in [0.29, 0.717) is 18.8 Å². The molecule has 6 rings (SSSR count). The summed E-state index contributed by atoms with van der Waals surface area (Å²) in [5, 5.41) is 6.08. The Morgan fingerprint density at radius 2 is 1.72 bits per heavy atom. The molecular formula is C35H43N5O7. The molecule has 1 amide bonds. The van der Waals surface area contributed by atoms with Crippen LogP contribution in [0.1, 0.15) is 68.4 Å². The number of guanidine groups is 1. The number of carbonyl (C=O) groups excluding carboxylic acids is 1. The van der Waals surface area contributed by atoms with E-state index in [1.807, 2.05) is 24.3 Å². The van der Waals surface area contributed by atoms with E-state index < -0.39 is 41.3 Å². The first-order valence-electron chi connectivity index (χ1n) is 16.5. The van der Waals surface area contributed by atoms with Gasteiger partial charge >= 0.3 is 11.8 Å². The van der Waals surface area contributed by atoms with Gasteiger partial charge in [0.1, 0.15) is 24.4 Å². The maximum Gasteiger partial charge on any atom is 0.413 e. The molecule has 4 atom stereocenters. The fourth-order valence-electron chi connectivity index (χ4n) is 6.62. The van der Waals surface area contributed by atoms with Gasteiger partial charge in [0.15, 0.2) is 6.23 Å². The van der Waals surface area contributed by atoms with Gasteiger partial charge in [-0.05, 0) is 42.0 Å². The first-order chi connectivity index (χ1) is 22.8. The number of unbranched alkanes of at least 4 members (excludes halogenated alkanes) is 2. The summed E-state index contributed by atoms with van der Waals surface area (Å²) in [6, 6.07) is 15.6. The summed E-state index contributed by atoms with van der Waals surface area (Å²) in [5.74, 6) is 0.0791. The molecule has 3 N–H and O–H groups in total. The van der Waals surface area contributed by atoms with Crippen molar-refractivity contribution in [1.82, 2.24) is 20.2 Å². The van der Waals surface area contributed by atoms with Crippen LogP contribution in [-0.4, -0.2) is 72.3 Å². The molecule has 1 fully saturated rings. The standard InChI is InChI=1S/C35H43N5O7/c1-4-6-16-44-21-35-20-36-32(39-34(43)46-19-27-25-14-10-8-12-23(25)24-13-9-11-15-26(24)27)37-28(29(35)45-17-7-5-2)31(47-35)40-18-22(3)30(41)38-33(40)42/h8-15,18,27-29,31H,4-7,16-17,19-21H2,1-3H3,(H,38,41,42)(H2,36,37,39,43)/t28-,29?,31+,35+/m0/s1. The Morgan fingerprint density at radius 1 is 1.04 bits per heavy atom. The van der Waals surface area contributed by atoms with Crippen LogP contribution in [0.3, 0.4) is 0 Å². The number of aryl methyl sites for hydroxylation is 1. The van der Waals surface area contributed by atoms with Gasteiger partial charge < -0.3 is 24.3 Å². The van der Waals surface area contributed by atoms with Crippen molar-refractivity contribution in [3.8, 4) is 11.1 Å². The molecule has 3 heterocycles. The van der Waals surface area contributed by atoms with Gasteiger partial charge in [-0.2, -0.15) is 0 Å². The van der Waals surface area contributed by atoms with Gasteiger partial charge in [-0.15, -0.1) is 0 Å². The highest BCUT2D eigenvalue weighted by molar-refractivity contribution is 5.94. The van der Waals surface area contributed by atoms with Gasteiger partial charge in [0, 0.05) is 30.9 Å². The SMILES string of the molecule is CCCCOC[C@]12CN=C(NC(=O)OCC3c4ccccc4-c4ccccc43)N[C@@H](C1OCCCC)[C@H](n1cc(C)c(=O)[nH]c1=O)O2. The second kappa shape index (κ2) is 14.2. The first kappa shape index (κ1) is 32.7. The summed E-state index contributed by atoms with van der Waals surface area (Å²) in [7, 11) is 0. The second-order valence-electron chi connectivity index (χ2n) is 12.4. The lowest BCUT2D eigenvalue weighted by molar-refractivity contribution is -0.146. The predicted octanol–water partition coefficient (Wildman–Crippen LogP) is 3.98. The van der Waals surface area contributed by atoms with Crippen molar-refractivity contribution in [3.63, 3.8) is 0 Å². The zero-order chi connectivity index (χ0) is 33.0. The summed E-state index contributed by atoms with van der Waals surface area (Å²) in [6.45, 7) is 7.17. The molecule has 2 aromatic carbocycles. The number of nitrogens with zero attached hydrogens (tertiary/aromatic N) is 2. The third-order valence-corrected chi connectivity index (χ3v) is 9.08. The number of fused-ring (bicyclic) bond motifs is 5. The third-order valence-electron chi connectivity index (χ3n) is 9.08. The van der Waals surface area contributed by atoms with Crippen molar-refractivity contribution in [3.05, 3.63) is 92.3 Å². The van der Waals surface area contributed by atoms with E-state index in [1.54, 1.807) is 6.92 Å². The van der Waals surface area contributed by atoms with Crippen LogP contribution in [0.5, 0.6) is 0 Å². The van der Waals surface area contributed by atoms with Crippen LogP contribution in [0.15, 0.2) is 69.3 Å². The first-order valence-corrected chi connectivity index (χ1v) is 16.5. The van der Waals surface area contributed by atoms with Gasteiger partial charge in [-0.1, -0.05) is 75.2 Å². The lowest BCUT2D eigenvalue weighted by Crippen LogP contribution is -2.55. The molecule has 1 aromatic heterocycles. The van der Waals surface area contributed by atoms with E-state index in [9.17, 15) is 14.4 Å². The van der Waals surface area contributed by atoms with Crippen molar-refractivity contribution >= 4 is 12.1 Å². The molecule has 3 aromatic rings. The quantitative estimate of drug-likeness (QED) is 0.251. The van der Waals surface area contributed by atoms with Gasteiger partial charge in [-0.25, -0.2) is 14.6 Å². The lowest BCUT2D eigenvalue weighted by Gasteiger charge is -2.32. The number of rotatable bonds is 12. The molecule has 12 heteroatoms. The van der Waals surface area contributed by atoms with Crippen LogP contribution in [0.25, 0.3) is 11.1 Å². The summed E-state index contributed by atoms with van der Waals surface area (Å²) < 4.78 is 26.4. The Labute approximate surface area is 273 Å². The minimum Gasteiger partial charge on any atom is -0.448 e. The van der Waals surface area contributed by atoms with Crippen molar-refractivity contribution in [2.75, 3.05) is 33.0 Å². The Bertz CT molecular complexity index is 1690. The summed E-state index contributed by atoms with van der Waals surface area (Å²) >= 11 is 0. The Balaban J connectivity index is 1.24. The van der Waals surface area contributed by atoms with Crippen LogP contribution in [0.2, 0.25) is 0 Å². The number of aromatic nitrogens is 2. The number of nitrogens with one attached hydrogen (secondary N) is 3. The molecule has 250 valence electrons. The van der Waals surface area contributed by atoms with Crippen molar-refractivity contribution < 1.29 is 23.7 Å². The highest BCUT2D eigenvalue weighted by atomic mass is 16.6. The molecule has 47 heavy (non-hydrogen) atoms. The Kier molecular flexibility index (Phi) is 9.90. The minimum absolute atomic E-state index is 0.0893. The summed E-state index contributed by atoms with van der Waals surface area (Å²) in [5.41, 5.74) is 2.71. The van der Waals surface area contributed by atoms with E-state index in [-0.39, 0.29) is 31.6 Å². The monoisotopic (exact) mass is 645 g/mol. The smallest absolute Gasteiger partial charge is 0.413 e. The van der Waals surface area contributed by atoms with E-state index in [0.717, 1.165) is 47.9 Å². The fraction of sp³-hybridized carbons (Fsp3) is 0.486. The van der Waals surface area contributed by atoms with Crippen molar-refractivity contribution in [2.45, 2.75) is 76.3 Å². The highest BCUT2D eigenvalue weighted by Gasteiger charge is 2.59. The topological polar surface area (TPSA) is 145 Å². The summed E-state index contributed by atoms with van der Waals surface area (Å²) in [6.07, 6.45) is 2.92. The number of hydrogen-bond acceptors (Lipinski definition) is 9. The predicted molar refractivity (Wildman–Crippen MR) is 177 cm³/mol. The number of alkyl carbamates (subject to hydrolysis) is 1. The van der Waals surface area contributed by atoms with E-state index in [2.05, 4.69) is 53.7 Å². The van der Waals surface area contributed by atoms with Crippen LogP contribution in [-0.2, 0) is 18.9 Å². The van der Waals surface area contributed by atoms with Crippen LogP contribution >= 0.6 is 0 Å². The second-order valence-corrected chi connectivity index (χ2v) is 12.4. The molecule has 0 saturated carbocycles. The normalized spacial score (nSPS) is 23.0. The number of H-pyrrole nitrogens is 1. The van der Waals surface area contributed by atoms with Crippen molar-refractivity contribution in [1.29, 1.82) is 0 Å². The zero-order valence-corrected chi connectivity index (χ0v) is 27.1. The molecule has 12 nitrogen and oxygen atoms in total. The maximum absolute atomic E-state index is 13.3. The largest absolute Gasteiger partial charge is 0.448 e.